The number of amides is 1. The molecule has 7 nitrogen and oxygen atoms in total. The molecular weight excluding hydrogens is 388 g/mol. The Bertz CT molecular complexity index is 808. The van der Waals surface area contributed by atoms with Crippen molar-refractivity contribution in [3.05, 3.63) is 17.0 Å². The highest BCUT2D eigenvalue weighted by molar-refractivity contribution is 7.91. The van der Waals surface area contributed by atoms with Gasteiger partial charge in [0.15, 0.2) is 16.4 Å². The quantitative estimate of drug-likeness (QED) is 0.644. The number of aromatic nitrogens is 2. The second-order valence-corrected chi connectivity index (χ2v) is 11.0. The Hall–Kier alpha value is -1.41. The average Bonchev–Trinajstić information content (AvgIpc) is 3.14. The van der Waals surface area contributed by atoms with Gasteiger partial charge in [-0.1, -0.05) is 13.8 Å². The van der Waals surface area contributed by atoms with E-state index < -0.39 is 9.84 Å². The third-order valence-corrected chi connectivity index (χ3v) is 8.13. The molecule has 1 aliphatic rings. The molecule has 2 heterocycles. The van der Waals surface area contributed by atoms with E-state index in [1.807, 2.05) is 30.5 Å². The van der Waals surface area contributed by atoms with Crippen molar-refractivity contribution < 1.29 is 18.1 Å². The topological polar surface area (TPSA) is 76.7 Å². The van der Waals surface area contributed by atoms with Crippen LogP contribution in [0, 0.1) is 13.8 Å². The van der Waals surface area contributed by atoms with Crippen molar-refractivity contribution in [3.63, 3.8) is 0 Å². The predicted molar refractivity (Wildman–Crippen MR) is 116 cm³/mol. The smallest absolute Gasteiger partial charge is 0.278 e. The van der Waals surface area contributed by atoms with Crippen LogP contribution in [0.3, 0.4) is 0 Å². The van der Waals surface area contributed by atoms with E-state index >= 15 is 0 Å². The zero-order chi connectivity index (χ0) is 21.9. The number of rotatable bonds is 9. The summed E-state index contributed by atoms with van der Waals surface area (Å²) in [6.45, 7) is 13.6. The summed E-state index contributed by atoms with van der Waals surface area (Å²) >= 11 is 0. The van der Waals surface area contributed by atoms with Gasteiger partial charge in [-0.15, -0.1) is 0 Å². The molecule has 1 N–H and O–H groups in total. The Morgan fingerprint density at radius 1 is 1.24 bits per heavy atom. The van der Waals surface area contributed by atoms with Crippen molar-refractivity contribution >= 4 is 15.7 Å². The summed E-state index contributed by atoms with van der Waals surface area (Å²) in [5.74, 6) is 0.608. The van der Waals surface area contributed by atoms with Crippen LogP contribution >= 0.6 is 0 Å². The average molecular weight is 428 g/mol. The van der Waals surface area contributed by atoms with Crippen molar-refractivity contribution in [2.75, 3.05) is 25.1 Å². The highest BCUT2D eigenvalue weighted by atomic mass is 32.2. The van der Waals surface area contributed by atoms with Gasteiger partial charge in [-0.2, -0.15) is 5.10 Å². The van der Waals surface area contributed by atoms with E-state index in [-0.39, 0.29) is 35.5 Å². The van der Waals surface area contributed by atoms with Crippen LogP contribution in [0.4, 0.5) is 0 Å². The van der Waals surface area contributed by atoms with Gasteiger partial charge in [-0.3, -0.25) is 9.48 Å². The van der Waals surface area contributed by atoms with Crippen LogP contribution in [0.2, 0.25) is 0 Å². The van der Waals surface area contributed by atoms with Crippen LogP contribution in [0.5, 0.6) is 0 Å². The van der Waals surface area contributed by atoms with Gasteiger partial charge < -0.3 is 9.80 Å². The summed E-state index contributed by atoms with van der Waals surface area (Å²) in [6, 6.07) is 0.405. The second kappa shape index (κ2) is 9.60. The van der Waals surface area contributed by atoms with E-state index in [9.17, 15) is 13.2 Å². The molecule has 1 aliphatic heterocycles. The van der Waals surface area contributed by atoms with Gasteiger partial charge in [0.2, 0.25) is 0 Å². The van der Waals surface area contributed by atoms with E-state index in [0.717, 1.165) is 34.7 Å². The minimum atomic E-state index is -2.95. The lowest BCUT2D eigenvalue weighted by Gasteiger charge is -2.34. The van der Waals surface area contributed by atoms with Gasteiger partial charge in [0.05, 0.1) is 35.9 Å². The molecule has 29 heavy (non-hydrogen) atoms. The summed E-state index contributed by atoms with van der Waals surface area (Å²) in [5, 5.41) is 4.65. The van der Waals surface area contributed by atoms with E-state index in [2.05, 4.69) is 32.8 Å². The highest BCUT2D eigenvalue weighted by Crippen LogP contribution is 2.26. The third-order valence-electron chi connectivity index (χ3n) is 6.38. The maximum Gasteiger partial charge on any atom is 0.278 e. The van der Waals surface area contributed by atoms with E-state index in [1.54, 1.807) is 0 Å². The van der Waals surface area contributed by atoms with Gasteiger partial charge in [0.1, 0.15) is 6.54 Å². The van der Waals surface area contributed by atoms with Gasteiger partial charge in [0.25, 0.3) is 5.91 Å². The van der Waals surface area contributed by atoms with Crippen molar-refractivity contribution in [1.82, 2.24) is 14.7 Å². The zero-order valence-electron chi connectivity index (χ0n) is 19.2. The lowest BCUT2D eigenvalue weighted by atomic mass is 10.1. The number of carbonyl (C=O) groups is 1. The van der Waals surface area contributed by atoms with Crippen molar-refractivity contribution in [3.8, 4) is 0 Å². The molecule has 1 saturated heterocycles. The Kier molecular flexibility index (Phi) is 7.90. The fourth-order valence-electron chi connectivity index (χ4n) is 4.31. The minimum absolute atomic E-state index is 0.0688. The van der Waals surface area contributed by atoms with Gasteiger partial charge >= 0.3 is 0 Å². The fraction of sp³-hybridized carbons (Fsp3) is 0.810. The molecule has 2 rings (SSSR count). The summed E-state index contributed by atoms with van der Waals surface area (Å²) < 4.78 is 25.6. The van der Waals surface area contributed by atoms with Gasteiger partial charge in [-0.05, 0) is 47.0 Å². The number of aryl methyl sites for hydroxylation is 1. The lowest BCUT2D eigenvalue weighted by Crippen LogP contribution is -3.09. The van der Waals surface area contributed by atoms with Gasteiger partial charge in [-0.25, -0.2) is 8.42 Å². The normalized spacial score (nSPS) is 21.7. The third kappa shape index (κ3) is 5.60. The molecule has 1 aromatic heterocycles. The van der Waals surface area contributed by atoms with Crippen LogP contribution < -0.4 is 4.90 Å². The van der Waals surface area contributed by atoms with E-state index in [4.69, 9.17) is 0 Å². The minimum Gasteiger partial charge on any atom is -0.332 e. The standard InChI is InChI=1S/C21H38N4O3S/c1-8-15(3)24(16(4)9-2)21(26)13-23(7)12-20-17(5)22-25(18(20)6)19-10-11-29(27,28)14-19/h15-16,19H,8-14H2,1-7H3/p+1/t15-,16+,19-/m1/s1. The van der Waals surface area contributed by atoms with Gasteiger partial charge in [0, 0.05) is 17.8 Å². The molecule has 1 amide bonds. The van der Waals surface area contributed by atoms with E-state index in [1.165, 1.54) is 0 Å². The summed E-state index contributed by atoms with van der Waals surface area (Å²) in [7, 11) is -0.909. The number of nitrogens with zero attached hydrogens (tertiary/aromatic N) is 3. The number of nitrogens with one attached hydrogen (secondary N) is 1. The van der Waals surface area contributed by atoms with Crippen LogP contribution in [0.25, 0.3) is 0 Å². The highest BCUT2D eigenvalue weighted by Gasteiger charge is 2.32. The first kappa shape index (κ1) is 23.9. The number of hydrogen-bond acceptors (Lipinski definition) is 4. The monoisotopic (exact) mass is 427 g/mol. The number of quaternary nitrogens is 1. The molecule has 1 fully saturated rings. The summed E-state index contributed by atoms with van der Waals surface area (Å²) in [5.41, 5.74) is 3.08. The second-order valence-electron chi connectivity index (χ2n) is 8.78. The Balaban J connectivity index is 2.10. The molecule has 0 aliphatic carbocycles. The van der Waals surface area contributed by atoms with Crippen molar-refractivity contribution in [2.45, 2.75) is 85.5 Å². The summed E-state index contributed by atoms with van der Waals surface area (Å²) in [4.78, 5) is 16.2. The maximum atomic E-state index is 13.0. The SMILES string of the molecule is CC[C@@H](C)N(C(=O)C[NH+](C)Cc1c(C)nn([C@@H]2CCS(=O)(=O)C2)c1C)[C@@H](C)CC. The first-order valence-corrected chi connectivity index (χ1v) is 12.7. The molecule has 0 radical (unpaired) electrons. The Labute approximate surface area is 176 Å². The molecule has 0 saturated carbocycles. The maximum absolute atomic E-state index is 13.0. The molecule has 166 valence electrons. The first-order chi connectivity index (χ1) is 13.5. The molecule has 1 unspecified atom stereocenters. The molecule has 0 spiro atoms. The van der Waals surface area contributed by atoms with Crippen LogP contribution in [0.1, 0.15) is 70.0 Å². The van der Waals surface area contributed by atoms with E-state index in [0.29, 0.717) is 19.5 Å². The molecule has 8 heteroatoms. The largest absolute Gasteiger partial charge is 0.332 e. The lowest BCUT2D eigenvalue weighted by molar-refractivity contribution is -0.885. The fourth-order valence-corrected chi connectivity index (χ4v) is 6.00. The molecule has 0 aromatic carbocycles. The first-order valence-electron chi connectivity index (χ1n) is 10.9. The number of carbonyl (C=O) groups excluding carboxylic acids is 1. The number of sulfone groups is 1. The summed E-state index contributed by atoms with van der Waals surface area (Å²) in [6.07, 6.45) is 2.53. The molecule has 4 atom stereocenters. The van der Waals surface area contributed by atoms with Crippen molar-refractivity contribution in [2.24, 2.45) is 0 Å². The number of hydrogen-bond donors (Lipinski definition) is 1. The molecule has 1 aromatic rings. The zero-order valence-corrected chi connectivity index (χ0v) is 20.0. The molecule has 0 bridgehead atoms. The van der Waals surface area contributed by atoms with Crippen molar-refractivity contribution in [1.29, 1.82) is 0 Å². The number of likely N-dealkylation sites (N-methyl/N-ethyl adjacent to an activating group) is 1. The Morgan fingerprint density at radius 2 is 1.83 bits per heavy atom. The molecular formula is C21H39N4O3S+. The van der Waals surface area contributed by atoms with Crippen LogP contribution in [-0.4, -0.2) is 66.2 Å². The predicted octanol–water partition coefficient (Wildman–Crippen LogP) is 1.30. The van der Waals surface area contributed by atoms with Crippen LogP contribution in [-0.2, 0) is 21.2 Å². The van der Waals surface area contributed by atoms with Crippen LogP contribution in [0.15, 0.2) is 0 Å². The Morgan fingerprint density at radius 3 is 2.31 bits per heavy atom.